The Bertz CT molecular complexity index is 733. The van der Waals surface area contributed by atoms with Gasteiger partial charge in [0.25, 0.3) is 0 Å². The van der Waals surface area contributed by atoms with Crippen LogP contribution in [0.4, 0.5) is 0 Å². The first-order valence-electron chi connectivity index (χ1n) is 19.6. The lowest BCUT2D eigenvalue weighted by Crippen LogP contribution is -2.63. The van der Waals surface area contributed by atoms with Crippen molar-refractivity contribution in [3.8, 4) is 0 Å². The number of hydrogen-bond donors (Lipinski definition) is 2. The van der Waals surface area contributed by atoms with Crippen LogP contribution in [0.15, 0.2) is 24.3 Å². The molecule has 0 amide bonds. The highest BCUT2D eigenvalue weighted by atomic mass is 16.5. The molecule has 5 nitrogen and oxygen atoms in total. The average molecular weight is 648 g/mol. The summed E-state index contributed by atoms with van der Waals surface area (Å²) in [5.74, 6) is -3.23. The smallest absolute Gasteiger partial charge is 0.244 e. The van der Waals surface area contributed by atoms with Gasteiger partial charge < -0.3 is 10.2 Å². The van der Waals surface area contributed by atoms with Gasteiger partial charge in [0.05, 0.1) is 0 Å². The lowest BCUT2D eigenvalue weighted by Gasteiger charge is -2.42. The molecule has 270 valence electrons. The fourth-order valence-corrected chi connectivity index (χ4v) is 6.19. The van der Waals surface area contributed by atoms with Gasteiger partial charge in [0.1, 0.15) is 0 Å². The van der Waals surface area contributed by atoms with Crippen molar-refractivity contribution in [2.75, 3.05) is 14.1 Å². The molecule has 0 aromatic heterocycles. The van der Waals surface area contributed by atoms with Crippen LogP contribution in [-0.2, 0) is 9.59 Å². The normalized spacial score (nSPS) is 13.7. The maximum absolute atomic E-state index is 13.4. The molecule has 0 aliphatic heterocycles. The summed E-state index contributed by atoms with van der Waals surface area (Å²) in [6.07, 6.45) is 40.2. The Labute approximate surface area is 286 Å². The van der Waals surface area contributed by atoms with Gasteiger partial charge in [-0.25, -0.2) is 0 Å². The third-order valence-electron chi connectivity index (χ3n) is 9.74. The van der Waals surface area contributed by atoms with Gasteiger partial charge in [-0.15, -0.1) is 0 Å². The van der Waals surface area contributed by atoms with Gasteiger partial charge in [-0.3, -0.25) is 14.5 Å². The van der Waals surface area contributed by atoms with E-state index in [1.165, 1.54) is 116 Å². The van der Waals surface area contributed by atoms with E-state index in [4.69, 9.17) is 0 Å². The van der Waals surface area contributed by atoms with E-state index in [0.29, 0.717) is 12.8 Å². The van der Waals surface area contributed by atoms with Crippen molar-refractivity contribution < 1.29 is 19.8 Å². The van der Waals surface area contributed by atoms with Crippen LogP contribution in [0, 0.1) is 5.41 Å². The summed E-state index contributed by atoms with van der Waals surface area (Å²) < 4.78 is 0. The van der Waals surface area contributed by atoms with Crippen LogP contribution in [0.3, 0.4) is 0 Å². The highest BCUT2D eigenvalue weighted by molar-refractivity contribution is 6.07. The lowest BCUT2D eigenvalue weighted by molar-refractivity contribution is -0.296. The van der Waals surface area contributed by atoms with E-state index in [2.05, 4.69) is 38.2 Å². The fourth-order valence-electron chi connectivity index (χ4n) is 6.19. The summed E-state index contributed by atoms with van der Waals surface area (Å²) >= 11 is 0. The number of unbranched alkanes of at least 4 members (excludes halogenated alkanes) is 22. The minimum Gasteiger partial charge on any atom is -0.352 e. The predicted molar refractivity (Wildman–Crippen MR) is 198 cm³/mol. The Kier molecular flexibility index (Phi) is 29.0. The second-order valence-electron chi connectivity index (χ2n) is 14.2. The van der Waals surface area contributed by atoms with Gasteiger partial charge in [0.15, 0.2) is 17.0 Å². The van der Waals surface area contributed by atoms with Gasteiger partial charge >= 0.3 is 0 Å². The van der Waals surface area contributed by atoms with Crippen LogP contribution in [0.2, 0.25) is 0 Å². The number of carbonyl (C=O) groups is 2. The summed E-state index contributed by atoms with van der Waals surface area (Å²) in [6.45, 7) is 5.95. The second-order valence-corrected chi connectivity index (χ2v) is 14.2. The third kappa shape index (κ3) is 20.8. The molecule has 0 aromatic carbocycles. The van der Waals surface area contributed by atoms with Gasteiger partial charge in [0, 0.05) is 12.8 Å². The summed E-state index contributed by atoms with van der Waals surface area (Å²) in [4.78, 5) is 27.9. The molecular formula is C41H77NO4. The maximum atomic E-state index is 13.4. The molecule has 0 aliphatic rings. The number of Topliss-reactive ketones (excluding diaryl/α,β-unsaturated/α-hetero) is 2. The van der Waals surface area contributed by atoms with E-state index in [1.807, 2.05) is 0 Å². The Balaban J connectivity index is 4.28. The predicted octanol–water partition coefficient (Wildman–Crippen LogP) is 11.4. The van der Waals surface area contributed by atoms with Gasteiger partial charge in [0.2, 0.25) is 5.91 Å². The molecule has 0 saturated carbocycles. The van der Waals surface area contributed by atoms with Crippen molar-refractivity contribution in [3.05, 3.63) is 24.3 Å². The quantitative estimate of drug-likeness (QED) is 0.0314. The Morgan fingerprint density at radius 2 is 0.739 bits per heavy atom. The van der Waals surface area contributed by atoms with Crippen LogP contribution in [0.5, 0.6) is 0 Å². The molecule has 0 rings (SSSR count). The molecule has 0 saturated heterocycles. The van der Waals surface area contributed by atoms with Crippen molar-refractivity contribution >= 4 is 11.6 Å². The molecular weight excluding hydrogens is 570 g/mol. The van der Waals surface area contributed by atoms with E-state index in [9.17, 15) is 19.8 Å². The molecule has 2 N–H and O–H groups in total. The topological polar surface area (TPSA) is 77.8 Å². The lowest BCUT2D eigenvalue weighted by atomic mass is 9.73. The van der Waals surface area contributed by atoms with E-state index < -0.39 is 11.3 Å². The molecule has 0 fully saturated rings. The van der Waals surface area contributed by atoms with Crippen LogP contribution in [0.1, 0.15) is 201 Å². The number of allylic oxidation sites excluding steroid dienone is 4. The van der Waals surface area contributed by atoms with E-state index in [1.54, 1.807) is 0 Å². The van der Waals surface area contributed by atoms with Crippen molar-refractivity contribution in [1.82, 2.24) is 4.90 Å². The SMILES string of the molecule is CCCCCCCCC=CCCCCCCCC(=O)C(C)(C(=O)CCCCCCCC=CCCCCCCCC)C(O)(O)N(C)C. The molecule has 0 bridgehead atoms. The maximum Gasteiger partial charge on any atom is 0.244 e. The van der Waals surface area contributed by atoms with Gasteiger partial charge in [-0.2, -0.15) is 0 Å². The summed E-state index contributed by atoms with van der Waals surface area (Å²) in [5.41, 5.74) is -1.85. The van der Waals surface area contributed by atoms with Crippen LogP contribution >= 0.6 is 0 Å². The van der Waals surface area contributed by atoms with Crippen LogP contribution in [-0.4, -0.2) is 46.7 Å². The van der Waals surface area contributed by atoms with Gasteiger partial charge in [-0.1, -0.05) is 141 Å². The number of ketones is 2. The summed E-state index contributed by atoms with van der Waals surface area (Å²) in [7, 11) is 3.01. The Hall–Kier alpha value is -1.30. The first kappa shape index (κ1) is 44.7. The largest absolute Gasteiger partial charge is 0.352 e. The molecule has 0 heterocycles. The highest BCUT2D eigenvalue weighted by Gasteiger charge is 2.57. The highest BCUT2D eigenvalue weighted by Crippen LogP contribution is 2.37. The first-order chi connectivity index (χ1) is 22.2. The van der Waals surface area contributed by atoms with Gasteiger partial charge in [-0.05, 0) is 85.2 Å². The zero-order valence-corrected chi connectivity index (χ0v) is 31.3. The van der Waals surface area contributed by atoms with Crippen molar-refractivity contribution in [2.45, 2.75) is 206 Å². The van der Waals surface area contributed by atoms with E-state index in [-0.39, 0.29) is 24.4 Å². The zero-order chi connectivity index (χ0) is 34.4. The van der Waals surface area contributed by atoms with E-state index in [0.717, 1.165) is 64.2 Å². The second kappa shape index (κ2) is 29.8. The molecule has 0 aromatic rings. The molecule has 5 heteroatoms. The Morgan fingerprint density at radius 3 is 1.02 bits per heavy atom. The van der Waals surface area contributed by atoms with Crippen LogP contribution in [0.25, 0.3) is 0 Å². The minimum atomic E-state index is -2.51. The monoisotopic (exact) mass is 648 g/mol. The number of carbonyl (C=O) groups excluding carboxylic acids is 2. The van der Waals surface area contributed by atoms with E-state index >= 15 is 0 Å². The zero-order valence-electron chi connectivity index (χ0n) is 31.3. The summed E-state index contributed by atoms with van der Waals surface area (Å²) in [5, 5.41) is 21.9. The number of aliphatic hydroxyl groups is 2. The summed E-state index contributed by atoms with van der Waals surface area (Å²) in [6, 6.07) is 0. The molecule has 0 spiro atoms. The minimum absolute atomic E-state index is 0.198. The fraction of sp³-hybridized carbons (Fsp3) is 0.854. The van der Waals surface area contributed by atoms with Crippen molar-refractivity contribution in [2.24, 2.45) is 5.41 Å². The van der Waals surface area contributed by atoms with Crippen molar-refractivity contribution in [1.29, 1.82) is 0 Å². The molecule has 0 unspecified atom stereocenters. The molecule has 0 atom stereocenters. The Morgan fingerprint density at radius 1 is 0.478 bits per heavy atom. The third-order valence-corrected chi connectivity index (χ3v) is 9.74. The molecule has 0 aliphatic carbocycles. The van der Waals surface area contributed by atoms with Crippen LogP contribution < -0.4 is 0 Å². The average Bonchev–Trinajstić information content (AvgIpc) is 3.03. The standard InChI is InChI=1S/C41H77NO4/c1-6-8-10-12-14-16-18-20-22-24-26-28-30-32-34-36-38(43)40(3,41(45,46)42(4)5)39(44)37-35-33-31-29-27-25-23-21-19-17-15-13-11-9-7-2/h20-23,45-46H,6-19,24-37H2,1-5H3. The molecule has 46 heavy (non-hydrogen) atoms. The number of nitrogens with zero attached hydrogens (tertiary/aromatic N) is 1. The first-order valence-corrected chi connectivity index (χ1v) is 19.6. The number of rotatable bonds is 34. The number of hydrogen-bond acceptors (Lipinski definition) is 5. The van der Waals surface area contributed by atoms with Crippen molar-refractivity contribution in [3.63, 3.8) is 0 Å². The molecule has 0 radical (unpaired) electrons.